The average Bonchev–Trinajstić information content (AvgIpc) is 2.21. The zero-order valence-electron chi connectivity index (χ0n) is 9.68. The van der Waals surface area contributed by atoms with E-state index in [2.05, 4.69) is 11.6 Å². The molecular formula is C11H25NOS. The van der Waals surface area contributed by atoms with Crippen LogP contribution < -0.4 is 5.32 Å². The molecule has 0 aliphatic rings. The van der Waals surface area contributed by atoms with E-state index in [9.17, 15) is 0 Å². The van der Waals surface area contributed by atoms with Crippen molar-refractivity contribution in [1.82, 2.24) is 5.32 Å². The van der Waals surface area contributed by atoms with E-state index in [1.165, 1.54) is 44.4 Å². The van der Waals surface area contributed by atoms with Crippen LogP contribution in [0, 0.1) is 0 Å². The minimum Gasteiger partial charge on any atom is -0.385 e. The molecule has 0 aromatic heterocycles. The molecule has 0 bridgehead atoms. The van der Waals surface area contributed by atoms with Gasteiger partial charge in [-0.15, -0.1) is 0 Å². The second-order valence-corrected chi connectivity index (χ2v) is 4.49. The highest BCUT2D eigenvalue weighted by atomic mass is 32.2. The van der Waals surface area contributed by atoms with Crippen molar-refractivity contribution in [3.05, 3.63) is 0 Å². The van der Waals surface area contributed by atoms with Crippen LogP contribution >= 0.6 is 11.8 Å². The van der Waals surface area contributed by atoms with E-state index < -0.39 is 0 Å². The third-order valence-electron chi connectivity index (χ3n) is 2.15. The first-order valence-electron chi connectivity index (χ1n) is 5.60. The Bertz CT molecular complexity index is 89.3. The van der Waals surface area contributed by atoms with E-state index in [4.69, 9.17) is 4.74 Å². The lowest BCUT2D eigenvalue weighted by atomic mass is 10.2. The summed E-state index contributed by atoms with van der Waals surface area (Å²) < 4.78 is 4.98. The fourth-order valence-electron chi connectivity index (χ4n) is 1.29. The Balaban J connectivity index is 2.78. The van der Waals surface area contributed by atoms with Gasteiger partial charge in [-0.2, -0.15) is 11.8 Å². The smallest absolute Gasteiger partial charge is 0.0462 e. The Morgan fingerprint density at radius 1 is 1.00 bits per heavy atom. The summed E-state index contributed by atoms with van der Waals surface area (Å²) in [4.78, 5) is 0. The second-order valence-electron chi connectivity index (χ2n) is 3.50. The molecule has 0 unspecified atom stereocenters. The first kappa shape index (κ1) is 14.3. The third-order valence-corrected chi connectivity index (χ3v) is 2.85. The molecule has 0 aromatic carbocycles. The molecule has 0 aromatic rings. The van der Waals surface area contributed by atoms with Gasteiger partial charge in [-0.1, -0.05) is 6.42 Å². The summed E-state index contributed by atoms with van der Waals surface area (Å²) in [5.74, 6) is 1.31. The van der Waals surface area contributed by atoms with Crippen LogP contribution in [-0.4, -0.2) is 38.8 Å². The summed E-state index contributed by atoms with van der Waals surface area (Å²) in [5.41, 5.74) is 0. The van der Waals surface area contributed by atoms with E-state index >= 15 is 0 Å². The third kappa shape index (κ3) is 12.3. The molecule has 14 heavy (non-hydrogen) atoms. The molecule has 0 heterocycles. The lowest BCUT2D eigenvalue weighted by Gasteiger charge is -2.04. The normalized spacial score (nSPS) is 10.7. The zero-order chi connectivity index (χ0) is 10.5. The molecule has 86 valence electrons. The fraction of sp³-hybridized carbons (Fsp3) is 1.00. The summed E-state index contributed by atoms with van der Waals surface area (Å²) in [6.45, 7) is 3.22. The molecule has 0 saturated heterocycles. The largest absolute Gasteiger partial charge is 0.385 e. The summed E-state index contributed by atoms with van der Waals surface area (Å²) >= 11 is 1.94. The van der Waals surface area contributed by atoms with Gasteiger partial charge in [0.1, 0.15) is 0 Å². The van der Waals surface area contributed by atoms with Gasteiger partial charge in [0, 0.05) is 13.7 Å². The van der Waals surface area contributed by atoms with Crippen LogP contribution in [0.2, 0.25) is 0 Å². The SMILES string of the molecule is COCCCCNCCCCCSC. The van der Waals surface area contributed by atoms with Crippen molar-refractivity contribution in [2.45, 2.75) is 32.1 Å². The van der Waals surface area contributed by atoms with E-state index in [1.54, 1.807) is 7.11 Å². The maximum atomic E-state index is 4.98. The molecule has 0 atom stereocenters. The van der Waals surface area contributed by atoms with Crippen molar-refractivity contribution in [1.29, 1.82) is 0 Å². The van der Waals surface area contributed by atoms with Gasteiger partial charge in [0.15, 0.2) is 0 Å². The van der Waals surface area contributed by atoms with Gasteiger partial charge >= 0.3 is 0 Å². The van der Waals surface area contributed by atoms with Crippen LogP contribution in [0.25, 0.3) is 0 Å². The molecule has 0 fully saturated rings. The minimum atomic E-state index is 0.898. The Morgan fingerprint density at radius 3 is 2.36 bits per heavy atom. The maximum absolute atomic E-state index is 4.98. The van der Waals surface area contributed by atoms with Crippen LogP contribution in [0.15, 0.2) is 0 Å². The van der Waals surface area contributed by atoms with Crippen molar-refractivity contribution in [2.75, 3.05) is 38.8 Å². The molecule has 0 spiro atoms. The van der Waals surface area contributed by atoms with Gasteiger partial charge < -0.3 is 10.1 Å². The lowest BCUT2D eigenvalue weighted by Crippen LogP contribution is -2.17. The predicted molar refractivity (Wildman–Crippen MR) is 66.2 cm³/mol. The molecule has 0 radical (unpaired) electrons. The van der Waals surface area contributed by atoms with Crippen LogP contribution in [0.5, 0.6) is 0 Å². The molecule has 0 saturated carbocycles. The number of hydrogen-bond acceptors (Lipinski definition) is 3. The standard InChI is InChI=1S/C11H25NOS/c1-13-10-6-5-9-12-8-4-3-7-11-14-2/h12H,3-11H2,1-2H3. The topological polar surface area (TPSA) is 21.3 Å². The van der Waals surface area contributed by atoms with E-state index in [0.717, 1.165) is 13.2 Å². The highest BCUT2D eigenvalue weighted by Crippen LogP contribution is 2.01. The second kappa shape index (κ2) is 13.3. The van der Waals surface area contributed by atoms with Crippen LogP contribution in [0.4, 0.5) is 0 Å². The van der Waals surface area contributed by atoms with Gasteiger partial charge in [0.2, 0.25) is 0 Å². The number of methoxy groups -OCH3 is 1. The number of ether oxygens (including phenoxy) is 1. The van der Waals surface area contributed by atoms with Crippen molar-refractivity contribution >= 4 is 11.8 Å². The van der Waals surface area contributed by atoms with Crippen molar-refractivity contribution in [3.8, 4) is 0 Å². The fourth-order valence-corrected chi connectivity index (χ4v) is 1.79. The maximum Gasteiger partial charge on any atom is 0.0462 e. The number of nitrogens with one attached hydrogen (secondary N) is 1. The molecule has 1 N–H and O–H groups in total. The molecule has 2 nitrogen and oxygen atoms in total. The lowest BCUT2D eigenvalue weighted by molar-refractivity contribution is 0.192. The zero-order valence-corrected chi connectivity index (χ0v) is 10.5. The average molecular weight is 219 g/mol. The first-order valence-corrected chi connectivity index (χ1v) is 6.99. The Hall–Kier alpha value is 0.270. The van der Waals surface area contributed by atoms with E-state index in [-0.39, 0.29) is 0 Å². The summed E-state index contributed by atoms with van der Waals surface area (Å²) in [7, 11) is 1.76. The molecule has 3 heteroatoms. The molecule has 0 aliphatic heterocycles. The molecule has 0 rings (SSSR count). The molecule has 0 amide bonds. The van der Waals surface area contributed by atoms with Gasteiger partial charge in [-0.3, -0.25) is 0 Å². The van der Waals surface area contributed by atoms with Gasteiger partial charge in [0.05, 0.1) is 0 Å². The van der Waals surface area contributed by atoms with Crippen molar-refractivity contribution in [3.63, 3.8) is 0 Å². The van der Waals surface area contributed by atoms with Crippen molar-refractivity contribution < 1.29 is 4.74 Å². The summed E-state index contributed by atoms with van der Waals surface area (Å²) in [5, 5.41) is 3.46. The first-order chi connectivity index (χ1) is 6.91. The predicted octanol–water partition coefficient (Wildman–Crippen LogP) is 2.54. The Kier molecular flexibility index (Phi) is 13.5. The minimum absolute atomic E-state index is 0.898. The van der Waals surface area contributed by atoms with Crippen molar-refractivity contribution in [2.24, 2.45) is 0 Å². The number of thioether (sulfide) groups is 1. The van der Waals surface area contributed by atoms with Gasteiger partial charge in [-0.25, -0.2) is 0 Å². The number of rotatable bonds is 11. The Labute approximate surface area is 93.2 Å². The van der Waals surface area contributed by atoms with Gasteiger partial charge in [-0.05, 0) is 50.8 Å². The number of hydrogen-bond donors (Lipinski definition) is 1. The van der Waals surface area contributed by atoms with Crippen LogP contribution in [0.3, 0.4) is 0 Å². The quantitative estimate of drug-likeness (QED) is 0.540. The molecule has 0 aliphatic carbocycles. The van der Waals surface area contributed by atoms with E-state index in [0.29, 0.717) is 0 Å². The highest BCUT2D eigenvalue weighted by Gasteiger charge is 1.90. The van der Waals surface area contributed by atoms with Crippen LogP contribution in [-0.2, 0) is 4.74 Å². The Morgan fingerprint density at radius 2 is 1.71 bits per heavy atom. The van der Waals surface area contributed by atoms with Crippen LogP contribution in [0.1, 0.15) is 32.1 Å². The summed E-state index contributed by atoms with van der Waals surface area (Å²) in [6.07, 6.45) is 8.64. The monoisotopic (exact) mass is 219 g/mol. The molecular weight excluding hydrogens is 194 g/mol. The summed E-state index contributed by atoms with van der Waals surface area (Å²) in [6, 6.07) is 0. The van der Waals surface area contributed by atoms with Gasteiger partial charge in [0.25, 0.3) is 0 Å². The highest BCUT2D eigenvalue weighted by molar-refractivity contribution is 7.98. The number of unbranched alkanes of at least 4 members (excludes halogenated alkanes) is 3. The van der Waals surface area contributed by atoms with E-state index in [1.807, 2.05) is 11.8 Å².